The topological polar surface area (TPSA) is 75.3 Å². The lowest BCUT2D eigenvalue weighted by atomic mass is 9.95. The van der Waals surface area contributed by atoms with Crippen molar-refractivity contribution in [2.75, 3.05) is 5.73 Å². The lowest BCUT2D eigenvalue weighted by molar-refractivity contribution is 0.0966. The van der Waals surface area contributed by atoms with E-state index < -0.39 is 0 Å². The average molecular weight is 240 g/mol. The average Bonchev–Trinajstić information content (AvgIpc) is 2.73. The predicted octanol–water partition coefficient (Wildman–Crippen LogP) is 1.88. The molecule has 0 unspecified atom stereocenters. The molecular weight excluding hydrogens is 228 g/mol. The molecule has 1 heterocycles. The SMILES string of the molecule is Nc1ccc(-c2cccc(O)c2)c2c1C(=O)NC2. The van der Waals surface area contributed by atoms with Crippen molar-refractivity contribution in [2.24, 2.45) is 0 Å². The number of fused-ring (bicyclic) bond motifs is 1. The van der Waals surface area contributed by atoms with Crippen LogP contribution in [0.5, 0.6) is 5.75 Å². The number of rotatable bonds is 1. The van der Waals surface area contributed by atoms with Gasteiger partial charge in [0.05, 0.1) is 5.56 Å². The van der Waals surface area contributed by atoms with E-state index in [0.29, 0.717) is 17.8 Å². The fraction of sp³-hybridized carbons (Fsp3) is 0.0714. The molecule has 90 valence electrons. The smallest absolute Gasteiger partial charge is 0.254 e. The molecule has 1 amide bonds. The van der Waals surface area contributed by atoms with Crippen LogP contribution < -0.4 is 11.1 Å². The standard InChI is InChI=1S/C14H12N2O2/c15-12-5-4-10(8-2-1-3-9(17)6-8)11-7-16-14(18)13(11)12/h1-6,17H,7,15H2,(H,16,18). The molecule has 1 aliphatic heterocycles. The maximum atomic E-state index is 11.7. The normalized spacial score (nSPS) is 13.2. The van der Waals surface area contributed by atoms with Crippen molar-refractivity contribution in [1.29, 1.82) is 0 Å². The Morgan fingerprint density at radius 1 is 1.22 bits per heavy atom. The summed E-state index contributed by atoms with van der Waals surface area (Å²) in [7, 11) is 0. The molecule has 0 aromatic heterocycles. The van der Waals surface area contributed by atoms with Gasteiger partial charge in [0, 0.05) is 12.2 Å². The van der Waals surface area contributed by atoms with Gasteiger partial charge >= 0.3 is 0 Å². The largest absolute Gasteiger partial charge is 0.508 e. The molecule has 0 saturated heterocycles. The summed E-state index contributed by atoms with van der Waals surface area (Å²) in [5.41, 5.74) is 9.57. The molecule has 0 aliphatic carbocycles. The lowest BCUT2D eigenvalue weighted by Gasteiger charge is -2.09. The number of phenolic OH excluding ortho intramolecular Hbond substituents is 1. The fourth-order valence-electron chi connectivity index (χ4n) is 2.32. The van der Waals surface area contributed by atoms with E-state index in [1.54, 1.807) is 24.3 Å². The third-order valence-corrected chi connectivity index (χ3v) is 3.16. The first-order valence-electron chi connectivity index (χ1n) is 5.66. The van der Waals surface area contributed by atoms with Crippen molar-refractivity contribution in [3.05, 3.63) is 47.5 Å². The van der Waals surface area contributed by atoms with E-state index in [1.807, 2.05) is 12.1 Å². The molecule has 0 radical (unpaired) electrons. The molecule has 2 aromatic carbocycles. The number of amides is 1. The van der Waals surface area contributed by atoms with Crippen LogP contribution in [0.1, 0.15) is 15.9 Å². The number of phenols is 1. The minimum atomic E-state index is -0.135. The number of hydrogen-bond acceptors (Lipinski definition) is 3. The van der Waals surface area contributed by atoms with Gasteiger partial charge in [0.1, 0.15) is 5.75 Å². The quantitative estimate of drug-likeness (QED) is 0.666. The Morgan fingerprint density at radius 2 is 2.06 bits per heavy atom. The Kier molecular flexibility index (Phi) is 2.23. The molecule has 2 aromatic rings. The number of aromatic hydroxyl groups is 1. The van der Waals surface area contributed by atoms with Crippen LogP contribution in [-0.4, -0.2) is 11.0 Å². The Balaban J connectivity index is 2.23. The zero-order valence-electron chi connectivity index (χ0n) is 9.60. The summed E-state index contributed by atoms with van der Waals surface area (Å²) < 4.78 is 0. The summed E-state index contributed by atoms with van der Waals surface area (Å²) in [4.78, 5) is 11.7. The Hall–Kier alpha value is -2.49. The van der Waals surface area contributed by atoms with Crippen LogP contribution in [0.3, 0.4) is 0 Å². The van der Waals surface area contributed by atoms with Crippen LogP contribution in [0.25, 0.3) is 11.1 Å². The monoisotopic (exact) mass is 240 g/mol. The van der Waals surface area contributed by atoms with E-state index in [2.05, 4.69) is 5.32 Å². The van der Waals surface area contributed by atoms with Gasteiger partial charge in [-0.3, -0.25) is 4.79 Å². The van der Waals surface area contributed by atoms with Crippen LogP contribution in [0, 0.1) is 0 Å². The Bertz CT molecular complexity index is 650. The van der Waals surface area contributed by atoms with Gasteiger partial charge in [-0.1, -0.05) is 18.2 Å². The number of nitrogen functional groups attached to an aromatic ring is 1. The molecule has 0 bridgehead atoms. The van der Waals surface area contributed by atoms with E-state index in [-0.39, 0.29) is 11.7 Å². The van der Waals surface area contributed by atoms with E-state index in [9.17, 15) is 9.90 Å². The molecule has 18 heavy (non-hydrogen) atoms. The van der Waals surface area contributed by atoms with Crippen molar-refractivity contribution in [1.82, 2.24) is 5.32 Å². The third-order valence-electron chi connectivity index (χ3n) is 3.16. The van der Waals surface area contributed by atoms with Gasteiger partial charge in [0.15, 0.2) is 0 Å². The third kappa shape index (κ3) is 1.50. The molecule has 4 nitrogen and oxygen atoms in total. The summed E-state index contributed by atoms with van der Waals surface area (Å²) in [5, 5.41) is 12.3. The van der Waals surface area contributed by atoms with Crippen molar-refractivity contribution >= 4 is 11.6 Å². The van der Waals surface area contributed by atoms with Crippen LogP contribution >= 0.6 is 0 Å². The summed E-state index contributed by atoms with van der Waals surface area (Å²) >= 11 is 0. The first kappa shape index (κ1) is 10.7. The first-order valence-corrected chi connectivity index (χ1v) is 5.66. The maximum absolute atomic E-state index is 11.7. The highest BCUT2D eigenvalue weighted by atomic mass is 16.3. The van der Waals surface area contributed by atoms with Crippen LogP contribution in [0.15, 0.2) is 36.4 Å². The molecular formula is C14H12N2O2. The summed E-state index contributed by atoms with van der Waals surface area (Å²) in [6.45, 7) is 0.476. The highest BCUT2D eigenvalue weighted by Crippen LogP contribution is 2.33. The number of carbonyl (C=O) groups is 1. The van der Waals surface area contributed by atoms with Crippen molar-refractivity contribution in [2.45, 2.75) is 6.54 Å². The Morgan fingerprint density at radius 3 is 2.83 bits per heavy atom. The highest BCUT2D eigenvalue weighted by Gasteiger charge is 2.24. The second-order valence-corrected chi connectivity index (χ2v) is 4.29. The van der Waals surface area contributed by atoms with E-state index >= 15 is 0 Å². The van der Waals surface area contributed by atoms with E-state index in [4.69, 9.17) is 5.73 Å². The molecule has 0 spiro atoms. The van der Waals surface area contributed by atoms with Crippen molar-refractivity contribution < 1.29 is 9.90 Å². The van der Waals surface area contributed by atoms with Gasteiger partial charge in [0.2, 0.25) is 0 Å². The second-order valence-electron chi connectivity index (χ2n) is 4.29. The van der Waals surface area contributed by atoms with Gasteiger partial charge in [-0.05, 0) is 34.9 Å². The van der Waals surface area contributed by atoms with Gasteiger partial charge in [-0.2, -0.15) is 0 Å². The van der Waals surface area contributed by atoms with Crippen LogP contribution in [-0.2, 0) is 6.54 Å². The molecule has 0 saturated carbocycles. The summed E-state index contributed by atoms with van der Waals surface area (Å²) in [6.07, 6.45) is 0. The fourth-order valence-corrected chi connectivity index (χ4v) is 2.32. The van der Waals surface area contributed by atoms with Crippen LogP contribution in [0.2, 0.25) is 0 Å². The Labute approximate surface area is 104 Å². The maximum Gasteiger partial charge on any atom is 0.254 e. The summed E-state index contributed by atoms with van der Waals surface area (Å²) in [6, 6.07) is 10.6. The number of anilines is 1. The number of hydrogen-bond donors (Lipinski definition) is 3. The highest BCUT2D eigenvalue weighted by molar-refractivity contribution is 6.05. The molecule has 1 aliphatic rings. The second kappa shape index (κ2) is 3.77. The number of benzene rings is 2. The van der Waals surface area contributed by atoms with Gasteiger partial charge in [-0.15, -0.1) is 0 Å². The summed E-state index contributed by atoms with van der Waals surface area (Å²) in [5.74, 6) is 0.0693. The first-order chi connectivity index (χ1) is 8.66. The number of carbonyl (C=O) groups excluding carboxylic acids is 1. The minimum Gasteiger partial charge on any atom is -0.508 e. The van der Waals surface area contributed by atoms with Gasteiger partial charge in [0.25, 0.3) is 5.91 Å². The molecule has 0 atom stereocenters. The molecule has 4 heteroatoms. The van der Waals surface area contributed by atoms with Crippen molar-refractivity contribution in [3.63, 3.8) is 0 Å². The zero-order chi connectivity index (χ0) is 12.7. The van der Waals surface area contributed by atoms with Gasteiger partial charge < -0.3 is 16.2 Å². The minimum absolute atomic E-state index is 0.135. The van der Waals surface area contributed by atoms with E-state index in [1.165, 1.54) is 0 Å². The zero-order valence-corrected chi connectivity index (χ0v) is 9.60. The molecule has 3 rings (SSSR count). The number of nitrogens with two attached hydrogens (primary N) is 1. The van der Waals surface area contributed by atoms with E-state index in [0.717, 1.165) is 16.7 Å². The molecule has 0 fully saturated rings. The van der Waals surface area contributed by atoms with Crippen molar-refractivity contribution in [3.8, 4) is 16.9 Å². The lowest BCUT2D eigenvalue weighted by Crippen LogP contribution is -2.13. The number of nitrogens with one attached hydrogen (secondary N) is 1. The predicted molar refractivity (Wildman–Crippen MR) is 69.1 cm³/mol. The van der Waals surface area contributed by atoms with Crippen LogP contribution in [0.4, 0.5) is 5.69 Å². The molecule has 4 N–H and O–H groups in total. The van der Waals surface area contributed by atoms with Gasteiger partial charge in [-0.25, -0.2) is 0 Å².